The number of esters is 1. The maximum atomic E-state index is 11.8. The van der Waals surface area contributed by atoms with E-state index in [4.69, 9.17) is 14.7 Å². The van der Waals surface area contributed by atoms with Crippen molar-refractivity contribution in [3.8, 4) is 0 Å². The number of carboxylic acid groups (broad SMARTS) is 1. The minimum absolute atomic E-state index is 0. The van der Waals surface area contributed by atoms with E-state index in [1.165, 1.54) is 5.56 Å². The van der Waals surface area contributed by atoms with E-state index in [9.17, 15) is 19.2 Å². The molecular formula is C34H40ArN4O8. The van der Waals surface area contributed by atoms with Gasteiger partial charge in [-0.15, -0.1) is 0 Å². The average molecular weight is 673 g/mol. The summed E-state index contributed by atoms with van der Waals surface area (Å²) in [4.78, 5) is 60.5. The molecule has 0 unspecified atom stereocenters. The zero-order chi connectivity index (χ0) is 34.2. The van der Waals surface area contributed by atoms with E-state index in [-0.39, 0.29) is 74.8 Å². The molecule has 1 fully saturated rings. The number of hydrazine groups is 1. The SMILES string of the molecule is CCOC(=O)/C=N/NC(=O)c1ccccc1.CC[C@H]1[C@H](c2ccccc2)CC(=O)N1NC.O=C(O)CCc1ccccc1.O=C=O.[Ar]. The number of carbonyl (C=O) groups is 4. The van der Waals surface area contributed by atoms with Crippen LogP contribution in [-0.2, 0) is 35.1 Å². The second-order valence-electron chi connectivity index (χ2n) is 9.46. The minimum Gasteiger partial charge on any atom is -0.481 e. The molecule has 13 heteroatoms. The van der Waals surface area contributed by atoms with E-state index in [0.29, 0.717) is 24.3 Å². The second-order valence-corrected chi connectivity index (χ2v) is 9.46. The summed E-state index contributed by atoms with van der Waals surface area (Å²) in [6, 6.07) is 28.8. The number of hydrogen-bond donors (Lipinski definition) is 3. The first-order chi connectivity index (χ1) is 22.2. The molecule has 3 N–H and O–H groups in total. The van der Waals surface area contributed by atoms with Gasteiger partial charge in [0.05, 0.1) is 12.6 Å². The summed E-state index contributed by atoms with van der Waals surface area (Å²) in [5.41, 5.74) is 8.03. The predicted octanol–water partition coefficient (Wildman–Crippen LogP) is 4.00. The monoisotopic (exact) mass is 672 g/mol. The molecule has 3 aromatic carbocycles. The van der Waals surface area contributed by atoms with Crippen molar-refractivity contribution in [1.29, 1.82) is 0 Å². The van der Waals surface area contributed by atoms with Crippen LogP contribution in [0.25, 0.3) is 0 Å². The van der Waals surface area contributed by atoms with Gasteiger partial charge in [0.25, 0.3) is 5.91 Å². The van der Waals surface area contributed by atoms with Gasteiger partial charge < -0.3 is 9.84 Å². The Morgan fingerprint density at radius 2 is 1.49 bits per heavy atom. The normalized spacial score (nSPS) is 14.4. The Kier molecular flexibility index (Phi) is 23.6. The molecule has 0 radical (unpaired) electrons. The molecular weight excluding hydrogens is 632 g/mol. The zero-order valence-electron chi connectivity index (χ0n) is 26.5. The van der Waals surface area contributed by atoms with Crippen molar-refractivity contribution in [3.63, 3.8) is 0 Å². The number of nitrogens with one attached hydrogen (secondary N) is 2. The number of aliphatic carboxylic acids is 1. The van der Waals surface area contributed by atoms with Crippen LogP contribution in [0.15, 0.2) is 96.1 Å². The van der Waals surface area contributed by atoms with Crippen LogP contribution in [0.5, 0.6) is 0 Å². The molecule has 3 aromatic rings. The maximum Gasteiger partial charge on any atom is 0.373 e. The summed E-state index contributed by atoms with van der Waals surface area (Å²) < 4.78 is 4.59. The van der Waals surface area contributed by atoms with Crippen molar-refractivity contribution in [2.45, 2.75) is 51.5 Å². The second kappa shape index (κ2) is 25.9. The molecule has 0 saturated carbocycles. The molecule has 252 valence electrons. The summed E-state index contributed by atoms with van der Waals surface area (Å²) in [6.07, 6.45) is 3.60. The van der Waals surface area contributed by atoms with E-state index >= 15 is 0 Å². The Morgan fingerprint density at radius 1 is 0.957 bits per heavy atom. The number of nitrogens with zero attached hydrogens (tertiary/aromatic N) is 2. The molecule has 12 nitrogen and oxygen atoms in total. The third kappa shape index (κ3) is 17.3. The van der Waals surface area contributed by atoms with Gasteiger partial charge in [-0.25, -0.2) is 15.6 Å². The van der Waals surface area contributed by atoms with Crippen LogP contribution < -0.4 is 10.9 Å². The van der Waals surface area contributed by atoms with Crippen LogP contribution in [-0.4, -0.2) is 65.9 Å². The van der Waals surface area contributed by atoms with E-state index < -0.39 is 11.9 Å². The molecule has 1 heterocycles. The van der Waals surface area contributed by atoms with Gasteiger partial charge in [0.1, 0.15) is 6.21 Å². The van der Waals surface area contributed by atoms with Gasteiger partial charge in [0.15, 0.2) is 0 Å². The van der Waals surface area contributed by atoms with Gasteiger partial charge in [-0.3, -0.25) is 19.4 Å². The Balaban J connectivity index is 0.000000651. The van der Waals surface area contributed by atoms with Crippen LogP contribution in [0.1, 0.15) is 60.5 Å². The van der Waals surface area contributed by atoms with Crippen LogP contribution in [0, 0.1) is 37.7 Å². The molecule has 4 rings (SSSR count). The standard InChI is InChI=1S/C13H18N2O.C11H12N2O3.C9H10O2.CO2.Ar/c1-3-12-11(9-13(16)15(12)14-2)10-7-5-4-6-8-10;1-2-16-10(14)8-12-13-11(15)9-6-4-3-5-7-9;10-9(11)7-6-8-4-2-1-3-5-8;2-1-3;/h4-8,11-12,14H,3,9H2,1-2H3;3-8H,2H2,1H3,(H,13,15);1-5H,6-7H2,(H,10,11);;/b;12-8+;;;/t11-,12-;;;;/m0..../s1. The number of rotatable bonds is 10. The number of ether oxygens (including phenoxy) is 1. The summed E-state index contributed by atoms with van der Waals surface area (Å²) >= 11 is 0. The number of hydrogen-bond acceptors (Lipinski definition) is 9. The van der Waals surface area contributed by atoms with Crippen LogP contribution in [0.3, 0.4) is 0 Å². The molecule has 2 amide bonds. The van der Waals surface area contributed by atoms with Crippen molar-refractivity contribution in [1.82, 2.24) is 15.9 Å². The molecule has 47 heavy (non-hydrogen) atoms. The first-order valence-corrected chi connectivity index (χ1v) is 14.6. The Labute approximate surface area is 304 Å². The molecule has 2 atom stereocenters. The van der Waals surface area contributed by atoms with Crippen LogP contribution in [0.2, 0.25) is 0 Å². The van der Waals surface area contributed by atoms with Gasteiger partial charge >= 0.3 is 18.1 Å². The summed E-state index contributed by atoms with van der Waals surface area (Å²) in [7, 11) is 1.81. The third-order valence-corrected chi connectivity index (χ3v) is 6.48. The predicted molar refractivity (Wildman–Crippen MR) is 170 cm³/mol. The van der Waals surface area contributed by atoms with Gasteiger partial charge in [0.2, 0.25) is 5.91 Å². The van der Waals surface area contributed by atoms with Crippen molar-refractivity contribution >= 4 is 36.1 Å². The first kappa shape index (κ1) is 42.8. The first-order valence-electron chi connectivity index (χ1n) is 14.6. The number of carbonyl (C=O) groups excluding carboxylic acids is 5. The summed E-state index contributed by atoms with van der Waals surface area (Å²) in [5.74, 6) is -1.18. The van der Waals surface area contributed by atoms with Crippen molar-refractivity contribution in [2.75, 3.05) is 13.7 Å². The molecule has 1 aliphatic heterocycles. The van der Waals surface area contributed by atoms with Crippen molar-refractivity contribution in [3.05, 3.63) is 108 Å². The molecule has 0 aliphatic carbocycles. The van der Waals surface area contributed by atoms with Crippen molar-refractivity contribution in [2.24, 2.45) is 5.10 Å². The number of amides is 2. The molecule has 0 aromatic heterocycles. The fourth-order valence-electron chi connectivity index (χ4n) is 4.46. The Bertz CT molecular complexity index is 1400. The van der Waals surface area contributed by atoms with E-state index in [0.717, 1.165) is 18.2 Å². The Morgan fingerprint density at radius 3 is 1.98 bits per heavy atom. The van der Waals surface area contributed by atoms with Gasteiger partial charge in [-0.2, -0.15) is 14.7 Å². The number of carboxylic acids is 1. The third-order valence-electron chi connectivity index (χ3n) is 6.48. The van der Waals surface area contributed by atoms with Crippen molar-refractivity contribution < 1.29 is 76.3 Å². The molecule has 0 spiro atoms. The summed E-state index contributed by atoms with van der Waals surface area (Å²) in [6.45, 7) is 4.09. The Hall–Kier alpha value is -4.19. The zero-order valence-corrected chi connectivity index (χ0v) is 27.2. The fraction of sp³-hybridized carbons (Fsp3) is 0.294. The number of benzene rings is 3. The van der Waals surface area contributed by atoms with Crippen LogP contribution >= 0.6 is 0 Å². The topological polar surface area (TPSA) is 172 Å². The maximum absolute atomic E-state index is 11.8. The number of aryl methyl sites for hydroxylation is 1. The molecule has 0 bridgehead atoms. The minimum atomic E-state index is -0.742. The fourth-order valence-corrected chi connectivity index (χ4v) is 4.46. The van der Waals surface area contributed by atoms with E-state index in [1.54, 1.807) is 42.3 Å². The van der Waals surface area contributed by atoms with Gasteiger partial charge in [0, 0.05) is 69.1 Å². The van der Waals surface area contributed by atoms with Gasteiger partial charge in [-0.05, 0) is 43.0 Å². The number of hydrazone groups is 1. The van der Waals surface area contributed by atoms with Crippen LogP contribution in [0.4, 0.5) is 0 Å². The average Bonchev–Trinajstić information content (AvgIpc) is 3.41. The van der Waals surface area contributed by atoms with E-state index in [2.05, 4.69) is 39.7 Å². The molecule has 1 aliphatic rings. The summed E-state index contributed by atoms with van der Waals surface area (Å²) in [5, 5.41) is 13.6. The largest absolute Gasteiger partial charge is 0.481 e. The van der Waals surface area contributed by atoms with Gasteiger partial charge in [-0.1, -0.05) is 85.8 Å². The molecule has 1 saturated heterocycles. The van der Waals surface area contributed by atoms with E-state index in [1.807, 2.05) is 55.6 Å². The quantitative estimate of drug-likeness (QED) is 0.164. The smallest absolute Gasteiger partial charge is 0.373 e.